The Kier molecular flexibility index (Phi) is 4.38. The summed E-state index contributed by atoms with van der Waals surface area (Å²) in [5, 5.41) is 10.1. The van der Waals surface area contributed by atoms with Crippen LogP contribution in [0.2, 0.25) is 0 Å². The summed E-state index contributed by atoms with van der Waals surface area (Å²) >= 11 is 0. The number of rotatable bonds is 5. The third-order valence-electron chi connectivity index (χ3n) is 2.62. The van der Waals surface area contributed by atoms with Crippen molar-refractivity contribution in [3.8, 4) is 0 Å². The van der Waals surface area contributed by atoms with Gasteiger partial charge in [-0.05, 0) is 18.1 Å². The smallest absolute Gasteiger partial charge is 0.162 e. The summed E-state index contributed by atoms with van der Waals surface area (Å²) in [7, 11) is 1.46. The fourth-order valence-electron chi connectivity index (χ4n) is 1.59. The monoisotopic (exact) mass is 230 g/mol. The summed E-state index contributed by atoms with van der Waals surface area (Å²) in [4.78, 5) is 0. The van der Waals surface area contributed by atoms with E-state index in [1.807, 2.05) is 0 Å². The van der Waals surface area contributed by atoms with Crippen LogP contribution in [-0.4, -0.2) is 24.4 Å². The minimum Gasteiger partial charge on any atom is -0.387 e. The lowest BCUT2D eigenvalue weighted by atomic mass is 9.92. The van der Waals surface area contributed by atoms with Gasteiger partial charge < -0.3 is 9.84 Å². The number of methoxy groups -OCH3 is 1. The highest BCUT2D eigenvalue weighted by atomic mass is 19.2. The van der Waals surface area contributed by atoms with Crippen molar-refractivity contribution in [1.82, 2.24) is 0 Å². The van der Waals surface area contributed by atoms with E-state index >= 15 is 0 Å². The standard InChI is InChI=1S/C12H16F2O2/c1-3-12(15,8-16-2)7-9-5-4-6-10(13)11(9)14/h4-6,15H,3,7-8H2,1-2H3. The Morgan fingerprint density at radius 3 is 2.62 bits per heavy atom. The van der Waals surface area contributed by atoms with E-state index in [4.69, 9.17) is 4.74 Å². The van der Waals surface area contributed by atoms with Gasteiger partial charge in [-0.25, -0.2) is 8.78 Å². The first kappa shape index (κ1) is 13.1. The lowest BCUT2D eigenvalue weighted by molar-refractivity contribution is -0.0338. The predicted molar refractivity (Wildman–Crippen MR) is 57.2 cm³/mol. The molecule has 1 aromatic carbocycles. The maximum Gasteiger partial charge on any atom is 0.162 e. The Morgan fingerprint density at radius 2 is 2.06 bits per heavy atom. The molecule has 16 heavy (non-hydrogen) atoms. The van der Waals surface area contributed by atoms with E-state index in [0.717, 1.165) is 6.07 Å². The van der Waals surface area contributed by atoms with E-state index in [2.05, 4.69) is 0 Å². The van der Waals surface area contributed by atoms with Gasteiger partial charge in [-0.3, -0.25) is 0 Å². The molecule has 0 saturated heterocycles. The van der Waals surface area contributed by atoms with Crippen LogP contribution in [0.4, 0.5) is 8.78 Å². The van der Waals surface area contributed by atoms with E-state index in [-0.39, 0.29) is 18.6 Å². The van der Waals surface area contributed by atoms with Crippen molar-refractivity contribution in [3.05, 3.63) is 35.4 Å². The van der Waals surface area contributed by atoms with Crippen molar-refractivity contribution in [2.75, 3.05) is 13.7 Å². The Labute approximate surface area is 93.9 Å². The van der Waals surface area contributed by atoms with Crippen LogP contribution in [0.25, 0.3) is 0 Å². The van der Waals surface area contributed by atoms with Crippen LogP contribution < -0.4 is 0 Å². The van der Waals surface area contributed by atoms with Gasteiger partial charge in [0.05, 0.1) is 12.2 Å². The molecule has 0 saturated carbocycles. The summed E-state index contributed by atoms with van der Waals surface area (Å²) in [5.74, 6) is -1.79. The maximum atomic E-state index is 13.4. The van der Waals surface area contributed by atoms with Crippen LogP contribution in [-0.2, 0) is 11.2 Å². The van der Waals surface area contributed by atoms with Crippen molar-refractivity contribution < 1.29 is 18.6 Å². The molecule has 0 aliphatic carbocycles. The van der Waals surface area contributed by atoms with Gasteiger partial charge in [0.1, 0.15) is 0 Å². The first-order chi connectivity index (χ1) is 7.52. The van der Waals surface area contributed by atoms with Crippen molar-refractivity contribution in [2.24, 2.45) is 0 Å². The predicted octanol–water partition coefficient (Wildman–Crippen LogP) is 2.29. The first-order valence-electron chi connectivity index (χ1n) is 5.16. The maximum absolute atomic E-state index is 13.4. The number of halogens is 2. The third-order valence-corrected chi connectivity index (χ3v) is 2.62. The van der Waals surface area contributed by atoms with Crippen LogP contribution in [0.15, 0.2) is 18.2 Å². The van der Waals surface area contributed by atoms with E-state index in [1.165, 1.54) is 19.2 Å². The molecule has 1 atom stereocenters. The number of hydrogen-bond donors (Lipinski definition) is 1. The van der Waals surface area contributed by atoms with Crippen LogP contribution in [0, 0.1) is 11.6 Å². The SMILES string of the molecule is CCC(O)(COC)Cc1cccc(F)c1F. The molecule has 0 aliphatic rings. The molecule has 0 heterocycles. The molecule has 0 amide bonds. The normalized spacial score (nSPS) is 14.8. The molecule has 0 fully saturated rings. The highest BCUT2D eigenvalue weighted by molar-refractivity contribution is 5.20. The fraction of sp³-hybridized carbons (Fsp3) is 0.500. The molecule has 1 rings (SSSR count). The number of hydrogen-bond acceptors (Lipinski definition) is 2. The Morgan fingerprint density at radius 1 is 1.38 bits per heavy atom. The van der Waals surface area contributed by atoms with E-state index in [1.54, 1.807) is 6.92 Å². The average Bonchev–Trinajstić information content (AvgIpc) is 2.25. The molecule has 90 valence electrons. The first-order valence-corrected chi connectivity index (χ1v) is 5.16. The molecule has 0 radical (unpaired) electrons. The molecule has 1 unspecified atom stereocenters. The Hall–Kier alpha value is -1.00. The van der Waals surface area contributed by atoms with Crippen LogP contribution in [0.3, 0.4) is 0 Å². The molecule has 0 spiro atoms. The molecular weight excluding hydrogens is 214 g/mol. The summed E-state index contributed by atoms with van der Waals surface area (Å²) in [5.41, 5.74) is -0.981. The molecule has 0 aromatic heterocycles. The van der Waals surface area contributed by atoms with Crippen molar-refractivity contribution in [3.63, 3.8) is 0 Å². The molecule has 2 nitrogen and oxygen atoms in total. The number of aliphatic hydroxyl groups is 1. The molecule has 0 aliphatic heterocycles. The summed E-state index contributed by atoms with van der Waals surface area (Å²) < 4.78 is 31.2. The minimum atomic E-state index is -1.15. The largest absolute Gasteiger partial charge is 0.387 e. The topological polar surface area (TPSA) is 29.5 Å². The fourth-order valence-corrected chi connectivity index (χ4v) is 1.59. The molecule has 1 aromatic rings. The van der Waals surface area contributed by atoms with Crippen LogP contribution >= 0.6 is 0 Å². The van der Waals surface area contributed by atoms with Gasteiger partial charge in [-0.2, -0.15) is 0 Å². The summed E-state index contributed by atoms with van der Waals surface area (Å²) in [6.07, 6.45) is 0.456. The Balaban J connectivity index is 2.90. The summed E-state index contributed by atoms with van der Waals surface area (Å²) in [6.45, 7) is 1.87. The van der Waals surface area contributed by atoms with Crippen LogP contribution in [0.5, 0.6) is 0 Å². The van der Waals surface area contributed by atoms with Crippen molar-refractivity contribution in [2.45, 2.75) is 25.4 Å². The van der Waals surface area contributed by atoms with Gasteiger partial charge in [0.2, 0.25) is 0 Å². The average molecular weight is 230 g/mol. The highest BCUT2D eigenvalue weighted by Crippen LogP contribution is 2.21. The highest BCUT2D eigenvalue weighted by Gasteiger charge is 2.27. The van der Waals surface area contributed by atoms with Gasteiger partial charge in [0.15, 0.2) is 11.6 Å². The van der Waals surface area contributed by atoms with E-state index in [9.17, 15) is 13.9 Å². The quantitative estimate of drug-likeness (QED) is 0.841. The van der Waals surface area contributed by atoms with Gasteiger partial charge in [-0.15, -0.1) is 0 Å². The number of benzene rings is 1. The second kappa shape index (κ2) is 5.37. The molecular formula is C12H16F2O2. The van der Waals surface area contributed by atoms with Crippen LogP contribution in [0.1, 0.15) is 18.9 Å². The molecule has 4 heteroatoms. The zero-order valence-electron chi connectivity index (χ0n) is 9.46. The van der Waals surface area contributed by atoms with Crippen molar-refractivity contribution >= 4 is 0 Å². The van der Waals surface area contributed by atoms with Gasteiger partial charge in [-0.1, -0.05) is 19.1 Å². The second-order valence-electron chi connectivity index (χ2n) is 3.90. The minimum absolute atomic E-state index is 0.0426. The lowest BCUT2D eigenvalue weighted by Gasteiger charge is -2.26. The van der Waals surface area contributed by atoms with E-state index < -0.39 is 17.2 Å². The Bertz CT molecular complexity index is 355. The third kappa shape index (κ3) is 3.00. The molecule has 1 N–H and O–H groups in total. The molecule has 0 bridgehead atoms. The van der Waals surface area contributed by atoms with Crippen molar-refractivity contribution in [1.29, 1.82) is 0 Å². The number of ether oxygens (including phenoxy) is 1. The zero-order valence-corrected chi connectivity index (χ0v) is 9.46. The van der Waals surface area contributed by atoms with E-state index in [0.29, 0.717) is 6.42 Å². The van der Waals surface area contributed by atoms with Gasteiger partial charge in [0.25, 0.3) is 0 Å². The zero-order chi connectivity index (χ0) is 12.2. The second-order valence-corrected chi connectivity index (χ2v) is 3.90. The lowest BCUT2D eigenvalue weighted by Crippen LogP contribution is -2.36. The van der Waals surface area contributed by atoms with Gasteiger partial charge >= 0.3 is 0 Å². The summed E-state index contributed by atoms with van der Waals surface area (Å²) in [6, 6.07) is 3.95. The van der Waals surface area contributed by atoms with Gasteiger partial charge in [0, 0.05) is 13.5 Å².